The van der Waals surface area contributed by atoms with Gasteiger partial charge in [0, 0.05) is 25.2 Å². The molecule has 1 N–H and O–H groups in total. The van der Waals surface area contributed by atoms with Gasteiger partial charge in [-0.3, -0.25) is 0 Å². The second-order valence-corrected chi connectivity index (χ2v) is 5.10. The van der Waals surface area contributed by atoms with E-state index in [9.17, 15) is 9.50 Å². The van der Waals surface area contributed by atoms with Gasteiger partial charge in [-0.1, -0.05) is 17.7 Å². The molecule has 0 unspecified atom stereocenters. The summed E-state index contributed by atoms with van der Waals surface area (Å²) in [7, 11) is 0. The number of rotatable bonds is 3. The Balaban J connectivity index is 2.14. The van der Waals surface area contributed by atoms with Crippen LogP contribution < -0.4 is 0 Å². The maximum Gasteiger partial charge on any atom is 0.142 e. The number of hydrogen-bond donors (Lipinski definition) is 1. The number of ether oxygens (including phenoxy) is 1. The first-order valence-corrected chi connectivity index (χ1v) is 6.16. The molecule has 1 aliphatic heterocycles. The first-order chi connectivity index (χ1) is 8.15. The van der Waals surface area contributed by atoms with Crippen LogP contribution in [0.15, 0.2) is 18.2 Å². The third kappa shape index (κ3) is 2.97. The monoisotopic (exact) mass is 258 g/mol. The lowest BCUT2D eigenvalue weighted by Crippen LogP contribution is -2.35. The van der Waals surface area contributed by atoms with E-state index < -0.39 is 5.82 Å². The highest BCUT2D eigenvalue weighted by molar-refractivity contribution is 6.30. The smallest absolute Gasteiger partial charge is 0.142 e. The van der Waals surface area contributed by atoms with Gasteiger partial charge in [-0.05, 0) is 37.0 Å². The van der Waals surface area contributed by atoms with Crippen molar-refractivity contribution in [3.63, 3.8) is 0 Å². The van der Waals surface area contributed by atoms with Crippen molar-refractivity contribution >= 4 is 11.6 Å². The van der Waals surface area contributed by atoms with Crippen LogP contribution in [0, 0.1) is 11.2 Å². The van der Waals surface area contributed by atoms with E-state index in [2.05, 4.69) is 0 Å². The Morgan fingerprint density at radius 1 is 1.35 bits per heavy atom. The maximum atomic E-state index is 13.3. The van der Waals surface area contributed by atoms with Crippen molar-refractivity contribution in [1.29, 1.82) is 0 Å². The summed E-state index contributed by atoms with van der Waals surface area (Å²) in [5, 5.41) is 9.69. The maximum absolute atomic E-state index is 13.3. The summed E-state index contributed by atoms with van der Waals surface area (Å²) in [6, 6.07) is 4.84. The molecule has 0 amide bonds. The van der Waals surface area contributed by atoms with Crippen LogP contribution in [0.4, 0.5) is 4.39 Å². The van der Waals surface area contributed by atoms with E-state index in [4.69, 9.17) is 16.3 Å². The summed E-state index contributed by atoms with van der Waals surface area (Å²) in [4.78, 5) is 0. The molecule has 0 spiro atoms. The van der Waals surface area contributed by atoms with Crippen molar-refractivity contribution in [1.82, 2.24) is 0 Å². The molecule has 1 saturated heterocycles. The standard InChI is InChI=1S/C13H16ClFO2/c14-11-2-1-10(7-12(11)15)8-13(9-16)3-5-17-6-4-13/h1-2,7,16H,3-6,8-9H2. The van der Waals surface area contributed by atoms with Crippen LogP contribution in [0.3, 0.4) is 0 Å². The minimum Gasteiger partial charge on any atom is -0.396 e. The summed E-state index contributed by atoms with van der Waals surface area (Å²) in [5.74, 6) is -0.399. The second kappa shape index (κ2) is 5.34. The van der Waals surface area contributed by atoms with Crippen LogP contribution in [0.1, 0.15) is 18.4 Å². The number of aliphatic hydroxyl groups excluding tert-OH is 1. The van der Waals surface area contributed by atoms with Gasteiger partial charge < -0.3 is 9.84 Å². The molecule has 1 aromatic carbocycles. The fourth-order valence-corrected chi connectivity index (χ4v) is 2.40. The van der Waals surface area contributed by atoms with E-state index in [1.807, 2.05) is 6.07 Å². The number of aliphatic hydroxyl groups is 1. The van der Waals surface area contributed by atoms with Crippen molar-refractivity contribution in [3.8, 4) is 0 Å². The van der Waals surface area contributed by atoms with Gasteiger partial charge in [0.25, 0.3) is 0 Å². The molecule has 1 heterocycles. The molecule has 0 aliphatic carbocycles. The normalized spacial score (nSPS) is 19.2. The Hall–Kier alpha value is -0.640. The quantitative estimate of drug-likeness (QED) is 0.903. The van der Waals surface area contributed by atoms with E-state index in [0.717, 1.165) is 18.4 Å². The average Bonchev–Trinajstić information content (AvgIpc) is 2.35. The largest absolute Gasteiger partial charge is 0.396 e. The topological polar surface area (TPSA) is 29.5 Å². The van der Waals surface area contributed by atoms with Crippen LogP contribution in [0.5, 0.6) is 0 Å². The van der Waals surface area contributed by atoms with E-state index >= 15 is 0 Å². The summed E-state index contributed by atoms with van der Waals surface area (Å²) in [5.41, 5.74) is 0.710. The second-order valence-electron chi connectivity index (χ2n) is 4.70. The molecule has 0 atom stereocenters. The van der Waals surface area contributed by atoms with Gasteiger partial charge in [0.05, 0.1) is 5.02 Å². The van der Waals surface area contributed by atoms with Gasteiger partial charge in [0.15, 0.2) is 0 Å². The highest BCUT2D eigenvalue weighted by Crippen LogP contribution is 2.34. The molecule has 2 rings (SSSR count). The van der Waals surface area contributed by atoms with Crippen LogP contribution in [0.2, 0.25) is 5.02 Å². The third-order valence-electron chi connectivity index (χ3n) is 3.45. The van der Waals surface area contributed by atoms with Gasteiger partial charge in [-0.15, -0.1) is 0 Å². The Morgan fingerprint density at radius 2 is 2.06 bits per heavy atom. The molecule has 0 aromatic heterocycles. The fourth-order valence-electron chi connectivity index (χ4n) is 2.28. The molecule has 0 radical (unpaired) electrons. The van der Waals surface area contributed by atoms with Crippen molar-refractivity contribution in [2.75, 3.05) is 19.8 Å². The van der Waals surface area contributed by atoms with Gasteiger partial charge in [0.1, 0.15) is 5.82 Å². The van der Waals surface area contributed by atoms with Gasteiger partial charge in [0.2, 0.25) is 0 Å². The highest BCUT2D eigenvalue weighted by atomic mass is 35.5. The minimum atomic E-state index is -0.399. The summed E-state index contributed by atoms with van der Waals surface area (Å²) < 4.78 is 18.6. The molecule has 0 saturated carbocycles. The van der Waals surface area contributed by atoms with E-state index in [1.165, 1.54) is 6.07 Å². The van der Waals surface area contributed by atoms with Crippen molar-refractivity contribution in [2.24, 2.45) is 5.41 Å². The first-order valence-electron chi connectivity index (χ1n) is 5.78. The molecular weight excluding hydrogens is 243 g/mol. The zero-order valence-corrected chi connectivity index (χ0v) is 10.3. The summed E-state index contributed by atoms with van der Waals surface area (Å²) in [6.45, 7) is 1.44. The average molecular weight is 259 g/mol. The lowest BCUT2D eigenvalue weighted by Gasteiger charge is -2.35. The highest BCUT2D eigenvalue weighted by Gasteiger charge is 2.32. The van der Waals surface area contributed by atoms with Crippen molar-refractivity contribution < 1.29 is 14.2 Å². The summed E-state index contributed by atoms with van der Waals surface area (Å²) in [6.07, 6.45) is 2.29. The molecule has 0 bridgehead atoms. The van der Waals surface area contributed by atoms with Crippen LogP contribution >= 0.6 is 11.6 Å². The van der Waals surface area contributed by atoms with Crippen LogP contribution in [-0.2, 0) is 11.2 Å². The van der Waals surface area contributed by atoms with Crippen molar-refractivity contribution in [2.45, 2.75) is 19.3 Å². The minimum absolute atomic E-state index is 0.112. The molecule has 17 heavy (non-hydrogen) atoms. The van der Waals surface area contributed by atoms with Crippen LogP contribution in [-0.4, -0.2) is 24.9 Å². The van der Waals surface area contributed by atoms with Gasteiger partial charge in [-0.2, -0.15) is 0 Å². The lowest BCUT2D eigenvalue weighted by atomic mass is 9.76. The number of halogens is 2. The summed E-state index contributed by atoms with van der Waals surface area (Å²) >= 11 is 5.65. The molecule has 1 aliphatic rings. The Bertz CT molecular complexity index is 389. The van der Waals surface area contributed by atoms with E-state index in [0.29, 0.717) is 19.6 Å². The van der Waals surface area contributed by atoms with Crippen LogP contribution in [0.25, 0.3) is 0 Å². The Morgan fingerprint density at radius 3 is 2.65 bits per heavy atom. The predicted octanol–water partition coefficient (Wildman–Crippen LogP) is 2.81. The molecule has 1 fully saturated rings. The Labute approximate surface area is 105 Å². The number of hydrogen-bond acceptors (Lipinski definition) is 2. The molecule has 1 aromatic rings. The van der Waals surface area contributed by atoms with Crippen molar-refractivity contribution in [3.05, 3.63) is 34.6 Å². The Kier molecular flexibility index (Phi) is 4.02. The molecule has 2 nitrogen and oxygen atoms in total. The van der Waals surface area contributed by atoms with Gasteiger partial charge in [-0.25, -0.2) is 4.39 Å². The van der Waals surface area contributed by atoms with Gasteiger partial charge >= 0.3 is 0 Å². The molecule has 4 heteroatoms. The number of benzene rings is 1. The van der Waals surface area contributed by atoms with E-state index in [1.54, 1.807) is 6.07 Å². The SMILES string of the molecule is OCC1(Cc2ccc(Cl)c(F)c2)CCOCC1. The van der Waals surface area contributed by atoms with E-state index in [-0.39, 0.29) is 17.0 Å². The molecule has 94 valence electrons. The predicted molar refractivity (Wildman–Crippen MR) is 64.7 cm³/mol. The zero-order valence-electron chi connectivity index (χ0n) is 9.59. The third-order valence-corrected chi connectivity index (χ3v) is 3.76. The zero-order chi connectivity index (χ0) is 12.3. The molecular formula is C13H16ClFO2. The first kappa shape index (κ1) is 12.8. The fraction of sp³-hybridized carbons (Fsp3) is 0.538. The lowest BCUT2D eigenvalue weighted by molar-refractivity contribution is -0.0157.